The first-order valence-corrected chi connectivity index (χ1v) is 9.53. The molecule has 4 heteroatoms. The van der Waals surface area contributed by atoms with Crippen molar-refractivity contribution in [2.24, 2.45) is 0 Å². The number of hydrogen-bond acceptors (Lipinski definition) is 4. The summed E-state index contributed by atoms with van der Waals surface area (Å²) in [5.74, 6) is -2.79. The van der Waals surface area contributed by atoms with Crippen molar-refractivity contribution in [2.75, 3.05) is 0 Å². The topological polar surface area (TPSA) is 68.3 Å². The number of hydrogen-bond donors (Lipinski definition) is 0. The Balaban J connectivity index is 2.23. The van der Waals surface area contributed by atoms with Gasteiger partial charge in [0.15, 0.2) is 12.1 Å². The Morgan fingerprint density at radius 3 is 1.53 bits per heavy atom. The smallest absolute Gasteiger partial charge is 0.262 e. The quantitative estimate of drug-likeness (QED) is 0.279. The van der Waals surface area contributed by atoms with E-state index in [0.717, 1.165) is 10.8 Å². The lowest BCUT2D eigenvalue weighted by Gasteiger charge is -2.32. The summed E-state index contributed by atoms with van der Waals surface area (Å²) in [6.07, 6.45) is -0.0176. The molecule has 146 valence electrons. The van der Waals surface area contributed by atoms with Gasteiger partial charge in [-0.15, -0.1) is 0 Å². The number of Topliss-reactive ketones (excluding diaryl/α,β-unsaturated/α-hetero) is 3. The largest absolute Gasteiger partial charge is 0.298 e. The highest BCUT2D eigenvalue weighted by molar-refractivity contribution is 6.62. The van der Waals surface area contributed by atoms with Crippen LogP contribution in [0.5, 0.6) is 0 Å². The molecule has 0 heterocycles. The molecule has 4 aromatic rings. The third kappa shape index (κ3) is 2.77. The van der Waals surface area contributed by atoms with Crippen LogP contribution in [0.4, 0.5) is 0 Å². The molecule has 4 nitrogen and oxygen atoms in total. The van der Waals surface area contributed by atoms with Crippen LogP contribution in [0.3, 0.4) is 0 Å². The van der Waals surface area contributed by atoms with Crippen molar-refractivity contribution in [2.45, 2.75) is 12.3 Å². The number of benzene rings is 4. The summed E-state index contributed by atoms with van der Waals surface area (Å²) in [6, 6.07) is 25.3. The van der Waals surface area contributed by atoms with Gasteiger partial charge in [0.2, 0.25) is 5.78 Å². The molecule has 0 unspecified atom stereocenters. The van der Waals surface area contributed by atoms with Crippen LogP contribution in [0, 0.1) is 0 Å². The summed E-state index contributed by atoms with van der Waals surface area (Å²) in [7, 11) is 0. The monoisotopic (exact) mass is 394 g/mol. The van der Waals surface area contributed by atoms with Crippen molar-refractivity contribution >= 4 is 45.2 Å². The molecule has 0 saturated heterocycles. The average molecular weight is 394 g/mol. The number of ketones is 3. The van der Waals surface area contributed by atoms with Gasteiger partial charge in [-0.3, -0.25) is 19.2 Å². The summed E-state index contributed by atoms with van der Waals surface area (Å²) in [4.78, 5) is 50.6. The molecule has 0 aromatic heterocycles. The first-order chi connectivity index (χ1) is 14.5. The van der Waals surface area contributed by atoms with Gasteiger partial charge >= 0.3 is 0 Å². The van der Waals surface area contributed by atoms with Crippen LogP contribution < -0.4 is 0 Å². The van der Waals surface area contributed by atoms with Gasteiger partial charge < -0.3 is 0 Å². The first kappa shape index (κ1) is 19.4. The van der Waals surface area contributed by atoms with E-state index in [1.165, 1.54) is 6.92 Å². The number of fused-ring (bicyclic) bond motifs is 2. The summed E-state index contributed by atoms with van der Waals surface area (Å²) in [5, 5.41) is 3.00. The normalized spacial score (nSPS) is 11.4. The highest BCUT2D eigenvalue weighted by Gasteiger charge is 2.50. The molecule has 0 aliphatic heterocycles. The zero-order chi connectivity index (χ0) is 21.3. The van der Waals surface area contributed by atoms with Gasteiger partial charge in [0.05, 0.1) is 0 Å². The molecule has 4 rings (SSSR count). The van der Waals surface area contributed by atoms with E-state index in [-0.39, 0.29) is 6.29 Å². The van der Waals surface area contributed by atoms with E-state index in [1.807, 2.05) is 60.7 Å². The fourth-order valence-electron chi connectivity index (χ4n) is 4.27. The van der Waals surface area contributed by atoms with Crippen LogP contribution in [-0.2, 0) is 24.6 Å². The minimum atomic E-state index is -1.93. The Bertz CT molecular complexity index is 1240. The molecule has 0 atom stereocenters. The van der Waals surface area contributed by atoms with Crippen molar-refractivity contribution in [1.29, 1.82) is 0 Å². The maximum atomic E-state index is 13.5. The van der Waals surface area contributed by atoms with E-state index < -0.39 is 22.8 Å². The zero-order valence-electron chi connectivity index (χ0n) is 16.3. The predicted molar refractivity (Wildman–Crippen MR) is 115 cm³/mol. The molecule has 0 N–H and O–H groups in total. The Kier molecular flexibility index (Phi) is 4.84. The number of carbonyl (C=O) groups excluding carboxylic acids is 4. The van der Waals surface area contributed by atoms with Crippen LogP contribution in [0.2, 0.25) is 0 Å². The molecule has 4 aromatic carbocycles. The molecule has 30 heavy (non-hydrogen) atoms. The molecule has 0 radical (unpaired) electrons. The molecule has 0 bridgehead atoms. The van der Waals surface area contributed by atoms with E-state index in [2.05, 4.69) is 0 Å². The highest BCUT2D eigenvalue weighted by atomic mass is 16.2. The van der Waals surface area contributed by atoms with E-state index in [9.17, 15) is 19.2 Å². The lowest BCUT2D eigenvalue weighted by atomic mass is 9.65. The van der Waals surface area contributed by atoms with Gasteiger partial charge in [-0.1, -0.05) is 84.9 Å². The maximum Gasteiger partial charge on any atom is 0.262 e. The number of carbonyl (C=O) groups is 4. The lowest BCUT2D eigenvalue weighted by molar-refractivity contribution is -0.144. The maximum absolute atomic E-state index is 13.5. The average Bonchev–Trinajstić information content (AvgIpc) is 2.79. The molecule has 0 amide bonds. The molecular weight excluding hydrogens is 376 g/mol. The van der Waals surface area contributed by atoms with Crippen LogP contribution >= 0.6 is 0 Å². The number of rotatable bonds is 6. The van der Waals surface area contributed by atoms with Crippen LogP contribution in [-0.4, -0.2) is 23.6 Å². The molecule has 0 fully saturated rings. The van der Waals surface area contributed by atoms with E-state index in [4.69, 9.17) is 0 Å². The summed E-state index contributed by atoms with van der Waals surface area (Å²) in [5.41, 5.74) is -1.14. The molecule has 0 saturated carbocycles. The van der Waals surface area contributed by atoms with E-state index in [1.54, 1.807) is 24.3 Å². The van der Waals surface area contributed by atoms with Crippen LogP contribution in [0.1, 0.15) is 18.1 Å². The Morgan fingerprint density at radius 1 is 0.667 bits per heavy atom. The van der Waals surface area contributed by atoms with Crippen molar-refractivity contribution in [3.8, 4) is 0 Å². The number of aldehydes is 1. The third-order valence-electron chi connectivity index (χ3n) is 5.59. The highest BCUT2D eigenvalue weighted by Crippen LogP contribution is 2.41. The second-order valence-electron chi connectivity index (χ2n) is 7.17. The fraction of sp³-hybridized carbons (Fsp3) is 0.0769. The van der Waals surface area contributed by atoms with E-state index in [0.29, 0.717) is 21.9 Å². The molecule has 0 aliphatic rings. The summed E-state index contributed by atoms with van der Waals surface area (Å²) >= 11 is 0. The fourth-order valence-corrected chi connectivity index (χ4v) is 4.27. The Hall–Kier alpha value is -3.92. The van der Waals surface area contributed by atoms with Gasteiger partial charge in [-0.05, 0) is 39.6 Å². The van der Waals surface area contributed by atoms with Gasteiger partial charge in [0.25, 0.3) is 5.78 Å². The standard InChI is InChI=1S/C26H18O4/c1-17(28)26(25(30)24(29)16-27,22-14-6-10-18-8-2-4-12-20(18)22)23-15-7-11-19-9-3-5-13-21(19)23/h2-16H,1H3. The second-order valence-corrected chi connectivity index (χ2v) is 7.17. The second kappa shape index (κ2) is 7.48. The van der Waals surface area contributed by atoms with Crippen molar-refractivity contribution in [1.82, 2.24) is 0 Å². The van der Waals surface area contributed by atoms with Gasteiger partial charge in [-0.25, -0.2) is 0 Å². The summed E-state index contributed by atoms with van der Waals surface area (Å²) in [6.45, 7) is 1.29. The lowest BCUT2D eigenvalue weighted by Crippen LogP contribution is -2.48. The minimum absolute atomic E-state index is 0.0176. The SMILES string of the molecule is CC(=O)C(C(=O)C(=O)C=O)(c1cccc2ccccc12)c1cccc2ccccc12. The first-order valence-electron chi connectivity index (χ1n) is 9.53. The van der Waals surface area contributed by atoms with Crippen molar-refractivity contribution in [3.05, 3.63) is 96.1 Å². The zero-order valence-corrected chi connectivity index (χ0v) is 16.3. The van der Waals surface area contributed by atoms with E-state index >= 15 is 0 Å². The molecular formula is C26H18O4. The molecule has 0 aliphatic carbocycles. The van der Waals surface area contributed by atoms with Gasteiger partial charge in [0, 0.05) is 0 Å². The summed E-state index contributed by atoms with van der Waals surface area (Å²) < 4.78 is 0. The predicted octanol–water partition coefficient (Wildman–Crippen LogP) is 4.21. The molecule has 0 spiro atoms. The minimum Gasteiger partial charge on any atom is -0.298 e. The van der Waals surface area contributed by atoms with Crippen LogP contribution in [0.25, 0.3) is 21.5 Å². The van der Waals surface area contributed by atoms with Crippen molar-refractivity contribution in [3.63, 3.8) is 0 Å². The van der Waals surface area contributed by atoms with Gasteiger partial charge in [0.1, 0.15) is 5.41 Å². The Morgan fingerprint density at radius 2 is 1.10 bits per heavy atom. The van der Waals surface area contributed by atoms with Crippen LogP contribution in [0.15, 0.2) is 84.9 Å². The van der Waals surface area contributed by atoms with Crippen molar-refractivity contribution < 1.29 is 19.2 Å². The Labute approximate surface area is 173 Å². The third-order valence-corrected chi connectivity index (χ3v) is 5.59. The van der Waals surface area contributed by atoms with Gasteiger partial charge in [-0.2, -0.15) is 0 Å².